The highest BCUT2D eigenvalue weighted by Crippen LogP contribution is 2.42. The van der Waals surface area contributed by atoms with Crippen LogP contribution in [0.15, 0.2) is 0 Å². The van der Waals surface area contributed by atoms with Crippen LogP contribution in [0.4, 0.5) is 0 Å². The summed E-state index contributed by atoms with van der Waals surface area (Å²) in [5.74, 6) is -2.50. The van der Waals surface area contributed by atoms with Crippen LogP contribution in [0.25, 0.3) is 0 Å². The molecule has 0 aromatic rings. The van der Waals surface area contributed by atoms with Gasteiger partial charge in [0.25, 0.3) is 0 Å². The van der Waals surface area contributed by atoms with E-state index in [1.54, 1.807) is 0 Å². The largest absolute Gasteiger partial charge is 0.470 e. The van der Waals surface area contributed by atoms with Crippen molar-refractivity contribution in [2.24, 2.45) is 0 Å². The van der Waals surface area contributed by atoms with Gasteiger partial charge in [-0.2, -0.15) is 0 Å². The highest BCUT2D eigenvalue weighted by atomic mass is 31.2. The van der Waals surface area contributed by atoms with Gasteiger partial charge >= 0.3 is 7.82 Å². The fourth-order valence-electron chi connectivity index (χ4n) is 2.88. The predicted octanol–water partition coefficient (Wildman–Crippen LogP) is -5.28. The predicted molar refractivity (Wildman–Crippen MR) is 79.6 cm³/mol. The second kappa shape index (κ2) is 8.61. The lowest BCUT2D eigenvalue weighted by atomic mass is 9.99. The molecule has 0 spiro atoms. The summed E-state index contributed by atoms with van der Waals surface area (Å²) >= 11 is 0. The van der Waals surface area contributed by atoms with E-state index in [4.69, 9.17) is 29.1 Å². The van der Waals surface area contributed by atoms with E-state index >= 15 is 0 Å². The number of rotatable bonds is 7. The normalized spacial score (nSPS) is 46.0. The molecule has 2 aliphatic rings. The Hall–Kier alpha value is -0.290. The number of phosphoric ester groups is 1. The smallest absolute Gasteiger partial charge is 0.394 e. The molecule has 9 atom stereocenters. The molecule has 0 radical (unpaired) electrons. The summed E-state index contributed by atoms with van der Waals surface area (Å²) in [6.07, 6.45) is -14.0. The maximum atomic E-state index is 11.2. The first kappa shape index (κ1) is 23.0. The van der Waals surface area contributed by atoms with E-state index < -0.39 is 82.4 Å². The molecule has 0 saturated carbocycles. The van der Waals surface area contributed by atoms with Crippen LogP contribution in [-0.4, -0.2) is 120 Å². The van der Waals surface area contributed by atoms with Gasteiger partial charge < -0.3 is 59.7 Å². The first-order valence-corrected chi connectivity index (χ1v) is 9.32. The monoisotopic (exact) mass is 422 g/mol. The Morgan fingerprint density at radius 2 is 1.56 bits per heavy atom. The molecule has 0 bridgehead atoms. The second-order valence-electron chi connectivity index (χ2n) is 6.15. The molecule has 2 aliphatic heterocycles. The maximum Gasteiger partial charge on any atom is 0.470 e. The van der Waals surface area contributed by atoms with Crippen molar-refractivity contribution in [3.05, 3.63) is 0 Å². The minimum Gasteiger partial charge on any atom is -0.394 e. The topological polar surface area (TPSA) is 236 Å². The highest BCUT2D eigenvalue weighted by Gasteiger charge is 2.57. The van der Waals surface area contributed by atoms with E-state index in [2.05, 4.69) is 4.52 Å². The molecule has 0 aromatic carbocycles. The highest BCUT2D eigenvalue weighted by molar-refractivity contribution is 7.46. The molecule has 2 fully saturated rings. The van der Waals surface area contributed by atoms with Crippen molar-refractivity contribution in [3.8, 4) is 0 Å². The molecule has 0 aromatic heterocycles. The number of hydrogen-bond donors (Lipinski definition) is 9. The standard InChI is InChI=1S/C12H23O14P/c13-1-4-6(16)7(17)9(26-27(20,21)22)11(23-4)24-8-5(2-14)25-12(19,3-15)10(8)18/h4-11,13-19H,1-3H2,(H2,20,21,22)/t4-,5-,6+,7+,8-,9-,10+,11+,12-/m1/s1. The number of aliphatic hydroxyl groups excluding tert-OH is 6. The van der Waals surface area contributed by atoms with E-state index in [1.807, 2.05) is 0 Å². The fraction of sp³-hybridized carbons (Fsp3) is 1.00. The number of ether oxygens (including phenoxy) is 3. The van der Waals surface area contributed by atoms with Crippen LogP contribution in [0.2, 0.25) is 0 Å². The van der Waals surface area contributed by atoms with Gasteiger partial charge in [0.15, 0.2) is 6.29 Å². The number of hydrogen-bond acceptors (Lipinski definition) is 12. The summed E-state index contributed by atoms with van der Waals surface area (Å²) in [6.45, 7) is -2.68. The van der Waals surface area contributed by atoms with E-state index in [0.717, 1.165) is 0 Å². The minimum absolute atomic E-state index is 0.796. The quantitative estimate of drug-likeness (QED) is 0.174. The third kappa shape index (κ3) is 4.83. The van der Waals surface area contributed by atoms with Crippen molar-refractivity contribution >= 4 is 7.82 Å². The molecular formula is C12H23O14P. The van der Waals surface area contributed by atoms with Crippen LogP contribution in [0.3, 0.4) is 0 Å². The molecule has 160 valence electrons. The summed E-state index contributed by atoms with van der Waals surface area (Å²) in [5.41, 5.74) is 0. The summed E-state index contributed by atoms with van der Waals surface area (Å²) in [6, 6.07) is 0. The van der Waals surface area contributed by atoms with Gasteiger partial charge in [-0.3, -0.25) is 4.52 Å². The molecular weight excluding hydrogens is 399 g/mol. The molecule has 2 heterocycles. The number of aliphatic hydroxyl groups is 7. The first-order valence-electron chi connectivity index (χ1n) is 7.79. The van der Waals surface area contributed by atoms with Crippen molar-refractivity contribution in [2.45, 2.75) is 54.8 Å². The van der Waals surface area contributed by atoms with Crippen LogP contribution in [0, 0.1) is 0 Å². The molecule has 0 unspecified atom stereocenters. The summed E-state index contributed by atoms with van der Waals surface area (Å²) in [7, 11) is -5.20. The van der Waals surface area contributed by atoms with Gasteiger partial charge in [-0.15, -0.1) is 0 Å². The second-order valence-corrected chi connectivity index (χ2v) is 7.35. The Kier molecular flexibility index (Phi) is 7.33. The van der Waals surface area contributed by atoms with Crippen LogP contribution >= 0.6 is 7.82 Å². The Morgan fingerprint density at radius 1 is 0.963 bits per heavy atom. The van der Waals surface area contributed by atoms with Gasteiger partial charge in [-0.25, -0.2) is 4.57 Å². The zero-order valence-electron chi connectivity index (χ0n) is 13.8. The summed E-state index contributed by atoms with van der Waals surface area (Å²) < 4.78 is 30.9. The summed E-state index contributed by atoms with van der Waals surface area (Å²) in [4.78, 5) is 18.0. The lowest BCUT2D eigenvalue weighted by Gasteiger charge is -2.42. The molecule has 14 nitrogen and oxygen atoms in total. The molecule has 0 amide bonds. The van der Waals surface area contributed by atoms with E-state index in [1.165, 1.54) is 0 Å². The lowest BCUT2D eigenvalue weighted by molar-refractivity contribution is -0.315. The van der Waals surface area contributed by atoms with Crippen LogP contribution in [0.5, 0.6) is 0 Å². The van der Waals surface area contributed by atoms with Crippen LogP contribution < -0.4 is 0 Å². The Labute approximate surface area is 152 Å². The zero-order valence-corrected chi connectivity index (χ0v) is 14.6. The van der Waals surface area contributed by atoms with Crippen molar-refractivity contribution in [3.63, 3.8) is 0 Å². The maximum absolute atomic E-state index is 11.2. The molecule has 0 aliphatic carbocycles. The minimum atomic E-state index is -5.20. The average molecular weight is 422 g/mol. The first-order chi connectivity index (χ1) is 12.5. The van der Waals surface area contributed by atoms with E-state index in [9.17, 15) is 35.2 Å². The van der Waals surface area contributed by atoms with Crippen molar-refractivity contribution in [1.82, 2.24) is 0 Å². The fourth-order valence-corrected chi connectivity index (χ4v) is 3.43. The van der Waals surface area contributed by atoms with Gasteiger partial charge in [-0.1, -0.05) is 0 Å². The van der Waals surface area contributed by atoms with Crippen LogP contribution in [-0.2, 0) is 23.3 Å². The van der Waals surface area contributed by atoms with Crippen LogP contribution in [0.1, 0.15) is 0 Å². The van der Waals surface area contributed by atoms with E-state index in [-0.39, 0.29) is 0 Å². The van der Waals surface area contributed by atoms with Crippen molar-refractivity contribution in [2.75, 3.05) is 19.8 Å². The number of phosphoric acid groups is 1. The van der Waals surface area contributed by atoms with Gasteiger partial charge in [0.05, 0.1) is 19.8 Å². The average Bonchev–Trinajstić information content (AvgIpc) is 2.85. The molecule has 2 saturated heterocycles. The molecule has 27 heavy (non-hydrogen) atoms. The third-order valence-electron chi connectivity index (χ3n) is 4.28. The Bertz CT molecular complexity index is 542. The molecule has 2 rings (SSSR count). The van der Waals surface area contributed by atoms with Crippen molar-refractivity contribution < 1.29 is 68.8 Å². The lowest BCUT2D eigenvalue weighted by Crippen LogP contribution is -2.61. The Balaban J connectivity index is 2.27. The molecule has 9 N–H and O–H groups in total. The Morgan fingerprint density at radius 3 is 2.04 bits per heavy atom. The van der Waals surface area contributed by atoms with Gasteiger partial charge in [0.1, 0.15) is 42.7 Å². The summed E-state index contributed by atoms with van der Waals surface area (Å²) in [5, 5.41) is 67.7. The van der Waals surface area contributed by atoms with Gasteiger partial charge in [-0.05, 0) is 0 Å². The van der Waals surface area contributed by atoms with Gasteiger partial charge in [0, 0.05) is 0 Å². The SMILES string of the molecule is O=P(O)(O)O[C@H]1[C@H](O[C@@H]2[C@@H](CO)O[C@](O)(CO)[C@H]2O)O[C@H](CO)[C@H](O)[C@@H]1O. The van der Waals surface area contributed by atoms with Crippen molar-refractivity contribution in [1.29, 1.82) is 0 Å². The molecule has 15 heteroatoms. The third-order valence-corrected chi connectivity index (χ3v) is 4.79. The van der Waals surface area contributed by atoms with E-state index in [0.29, 0.717) is 0 Å². The zero-order chi connectivity index (χ0) is 20.6. The van der Waals surface area contributed by atoms with Gasteiger partial charge in [0.2, 0.25) is 5.79 Å².